The molecular weight excluding hydrogens is 320 g/mol. The van der Waals surface area contributed by atoms with E-state index >= 15 is 0 Å². The van der Waals surface area contributed by atoms with Crippen LogP contribution in [0.3, 0.4) is 0 Å². The number of hydrogen-bond acceptors (Lipinski definition) is 6. The summed E-state index contributed by atoms with van der Waals surface area (Å²) in [7, 11) is -2.05. The molecule has 0 aliphatic rings. The minimum Gasteiger partial charge on any atom is -0.476 e. The zero-order chi connectivity index (χ0) is 17.5. The third-order valence-corrected chi connectivity index (χ3v) is 4.06. The Hall–Kier alpha value is -1.60. The van der Waals surface area contributed by atoms with E-state index in [0.717, 1.165) is 11.8 Å². The van der Waals surface area contributed by atoms with Crippen LogP contribution < -0.4 is 4.74 Å². The molecule has 7 heteroatoms. The number of ether oxygens (including phenoxy) is 2. The molecule has 0 N–H and O–H groups in total. The van der Waals surface area contributed by atoms with Crippen LogP contribution in [-0.2, 0) is 30.3 Å². The first-order valence-corrected chi connectivity index (χ1v) is 9.22. The lowest BCUT2D eigenvalue weighted by atomic mass is 10.0. The van der Waals surface area contributed by atoms with Crippen LogP contribution in [0.5, 0.6) is 5.75 Å². The van der Waals surface area contributed by atoms with Crippen LogP contribution in [0.2, 0.25) is 0 Å². The van der Waals surface area contributed by atoms with Gasteiger partial charge >= 0.3 is 5.97 Å². The first-order chi connectivity index (χ1) is 10.7. The third-order valence-electron chi connectivity index (χ3n) is 3.47. The second-order valence-corrected chi connectivity index (χ2v) is 7.10. The largest absolute Gasteiger partial charge is 0.476 e. The second kappa shape index (κ2) is 8.31. The molecule has 0 fully saturated rings. The van der Waals surface area contributed by atoms with Gasteiger partial charge in [0, 0.05) is 0 Å². The number of carbonyl (C=O) groups excluding carboxylic acids is 1. The van der Waals surface area contributed by atoms with Gasteiger partial charge in [-0.15, -0.1) is 0 Å². The predicted molar refractivity (Wildman–Crippen MR) is 86.9 cm³/mol. The Morgan fingerprint density at radius 1 is 1.22 bits per heavy atom. The van der Waals surface area contributed by atoms with Crippen molar-refractivity contribution >= 4 is 16.1 Å². The summed E-state index contributed by atoms with van der Waals surface area (Å²) in [4.78, 5) is 11.8. The molecule has 1 aromatic carbocycles. The van der Waals surface area contributed by atoms with E-state index in [1.807, 2.05) is 19.1 Å². The summed E-state index contributed by atoms with van der Waals surface area (Å²) < 4.78 is 36.9. The fourth-order valence-electron chi connectivity index (χ4n) is 1.94. The van der Waals surface area contributed by atoms with Crippen molar-refractivity contribution in [2.45, 2.75) is 38.7 Å². The summed E-state index contributed by atoms with van der Waals surface area (Å²) in [6, 6.07) is 7.32. The highest BCUT2D eigenvalue weighted by atomic mass is 32.2. The fraction of sp³-hybridized carbons (Fsp3) is 0.562. The summed E-state index contributed by atoms with van der Waals surface area (Å²) in [6.07, 6.45) is 2.81. The van der Waals surface area contributed by atoms with E-state index < -0.39 is 21.7 Å². The van der Waals surface area contributed by atoms with E-state index in [0.29, 0.717) is 25.0 Å². The van der Waals surface area contributed by atoms with E-state index in [-0.39, 0.29) is 6.61 Å². The maximum Gasteiger partial charge on any atom is 0.349 e. The fourth-order valence-corrected chi connectivity index (χ4v) is 2.37. The van der Waals surface area contributed by atoms with Gasteiger partial charge in [-0.1, -0.05) is 19.1 Å². The summed E-state index contributed by atoms with van der Waals surface area (Å²) in [5, 5.41) is 0. The van der Waals surface area contributed by atoms with Crippen molar-refractivity contribution in [2.24, 2.45) is 0 Å². The molecule has 1 aromatic rings. The molecule has 0 aliphatic carbocycles. The van der Waals surface area contributed by atoms with Crippen LogP contribution >= 0.6 is 0 Å². The lowest BCUT2D eigenvalue weighted by molar-refractivity contribution is -0.157. The zero-order valence-electron chi connectivity index (χ0n) is 14.0. The zero-order valence-corrected chi connectivity index (χ0v) is 14.8. The van der Waals surface area contributed by atoms with E-state index in [4.69, 9.17) is 13.7 Å². The van der Waals surface area contributed by atoms with Crippen molar-refractivity contribution in [3.05, 3.63) is 29.8 Å². The second-order valence-electron chi connectivity index (χ2n) is 5.45. The summed E-state index contributed by atoms with van der Waals surface area (Å²) in [5.74, 6) is 0.165. The summed E-state index contributed by atoms with van der Waals surface area (Å²) >= 11 is 0. The van der Waals surface area contributed by atoms with Gasteiger partial charge in [0.25, 0.3) is 10.1 Å². The number of aryl methyl sites for hydroxylation is 1. The minimum absolute atomic E-state index is 0.160. The van der Waals surface area contributed by atoms with Crippen molar-refractivity contribution in [2.75, 3.05) is 20.0 Å². The van der Waals surface area contributed by atoms with E-state index in [2.05, 4.69) is 0 Å². The molecule has 0 amide bonds. The maximum atomic E-state index is 11.8. The van der Waals surface area contributed by atoms with Gasteiger partial charge in [-0.25, -0.2) is 4.79 Å². The number of hydrogen-bond donors (Lipinski definition) is 0. The van der Waals surface area contributed by atoms with Crippen molar-refractivity contribution < 1.29 is 26.9 Å². The lowest BCUT2D eigenvalue weighted by Gasteiger charge is -2.26. The SMILES string of the molecule is CCC(C)(Oc1ccc(CCCOS(C)(=O)=O)cc1)C(=O)OC. The van der Waals surface area contributed by atoms with Crippen LogP contribution in [0.25, 0.3) is 0 Å². The Kier molecular flexibility index (Phi) is 7.02. The van der Waals surface area contributed by atoms with Crippen molar-refractivity contribution in [1.82, 2.24) is 0 Å². The van der Waals surface area contributed by atoms with Crippen LogP contribution in [0.1, 0.15) is 32.3 Å². The van der Waals surface area contributed by atoms with Crippen LogP contribution in [-0.4, -0.2) is 40.0 Å². The predicted octanol–water partition coefficient (Wildman–Crippen LogP) is 2.32. The minimum atomic E-state index is -3.38. The van der Waals surface area contributed by atoms with E-state index in [1.54, 1.807) is 19.1 Å². The number of methoxy groups -OCH3 is 1. The Bertz CT molecular complexity index is 608. The van der Waals surface area contributed by atoms with E-state index in [1.165, 1.54) is 7.11 Å². The van der Waals surface area contributed by atoms with Crippen molar-refractivity contribution in [3.8, 4) is 5.75 Å². The van der Waals surface area contributed by atoms with Gasteiger partial charge < -0.3 is 9.47 Å². The molecule has 23 heavy (non-hydrogen) atoms. The molecule has 0 saturated heterocycles. The van der Waals surface area contributed by atoms with Crippen LogP contribution in [0.4, 0.5) is 0 Å². The van der Waals surface area contributed by atoms with Crippen molar-refractivity contribution in [3.63, 3.8) is 0 Å². The molecule has 0 spiro atoms. The summed E-state index contributed by atoms with van der Waals surface area (Å²) in [6.45, 7) is 3.70. The van der Waals surface area contributed by atoms with E-state index in [9.17, 15) is 13.2 Å². The summed E-state index contributed by atoms with van der Waals surface area (Å²) in [5.41, 5.74) is 0.0188. The highest BCUT2D eigenvalue weighted by Crippen LogP contribution is 2.23. The number of carbonyl (C=O) groups is 1. The highest BCUT2D eigenvalue weighted by molar-refractivity contribution is 7.85. The normalized spacial score (nSPS) is 14.1. The van der Waals surface area contributed by atoms with Crippen LogP contribution in [0, 0.1) is 0 Å². The quantitative estimate of drug-likeness (QED) is 0.389. The molecule has 1 rings (SSSR count). The standard InChI is InChI=1S/C16H24O6S/c1-5-16(2,15(17)20-3)22-14-10-8-13(9-11-14)7-6-12-21-23(4,18)19/h8-11H,5-7,12H2,1-4H3. The maximum absolute atomic E-state index is 11.8. The van der Waals surface area contributed by atoms with Gasteiger partial charge in [0.2, 0.25) is 5.60 Å². The molecule has 1 atom stereocenters. The van der Waals surface area contributed by atoms with Crippen molar-refractivity contribution in [1.29, 1.82) is 0 Å². The Morgan fingerprint density at radius 3 is 2.30 bits per heavy atom. The van der Waals surface area contributed by atoms with Gasteiger partial charge in [0.05, 0.1) is 20.0 Å². The first-order valence-electron chi connectivity index (χ1n) is 7.41. The molecule has 130 valence electrons. The Morgan fingerprint density at radius 2 is 1.83 bits per heavy atom. The molecular formula is C16H24O6S. The molecule has 0 bridgehead atoms. The van der Waals surface area contributed by atoms with Gasteiger partial charge in [-0.05, 0) is 43.9 Å². The molecule has 1 unspecified atom stereocenters. The number of benzene rings is 1. The Balaban J connectivity index is 2.58. The van der Waals surface area contributed by atoms with Gasteiger partial charge in [0.1, 0.15) is 5.75 Å². The molecule has 0 heterocycles. The molecule has 0 radical (unpaired) electrons. The first kappa shape index (κ1) is 19.4. The van der Waals surface area contributed by atoms with Gasteiger partial charge in [0.15, 0.2) is 0 Å². The number of rotatable bonds is 9. The van der Waals surface area contributed by atoms with Gasteiger partial charge in [-0.3, -0.25) is 4.18 Å². The molecule has 6 nitrogen and oxygen atoms in total. The smallest absolute Gasteiger partial charge is 0.349 e. The molecule has 0 aliphatic heterocycles. The number of esters is 1. The highest BCUT2D eigenvalue weighted by Gasteiger charge is 2.34. The monoisotopic (exact) mass is 344 g/mol. The third kappa shape index (κ3) is 6.58. The topological polar surface area (TPSA) is 78.9 Å². The lowest BCUT2D eigenvalue weighted by Crippen LogP contribution is -2.41. The average molecular weight is 344 g/mol. The van der Waals surface area contributed by atoms with Crippen LogP contribution in [0.15, 0.2) is 24.3 Å². The molecule has 0 saturated carbocycles. The Labute approximate surface area is 137 Å². The average Bonchev–Trinajstić information content (AvgIpc) is 2.51. The molecule has 0 aromatic heterocycles. The van der Waals surface area contributed by atoms with Gasteiger partial charge in [-0.2, -0.15) is 8.42 Å².